The van der Waals surface area contributed by atoms with Crippen LogP contribution in [0.15, 0.2) is 54.6 Å². The lowest BCUT2D eigenvalue weighted by Gasteiger charge is -2.29. The van der Waals surface area contributed by atoms with Gasteiger partial charge in [0.2, 0.25) is 0 Å². The fourth-order valence-electron chi connectivity index (χ4n) is 2.92. The molecule has 0 spiro atoms. The number of carbonyl (C=O) groups is 1. The maximum absolute atomic E-state index is 12.3. The van der Waals surface area contributed by atoms with E-state index in [1.165, 1.54) is 5.56 Å². The summed E-state index contributed by atoms with van der Waals surface area (Å²) in [6, 6.07) is 17.9. The Labute approximate surface area is 138 Å². The fraction of sp³-hybridized carbons (Fsp3) is 0.350. The number of hydrogen-bond donors (Lipinski definition) is 2. The molecule has 2 aromatic carbocycles. The number of carbonyl (C=O) groups excluding carboxylic acids is 1. The number of hydrogen-bond acceptors (Lipinski definition) is 2. The molecule has 0 aliphatic carbocycles. The van der Waals surface area contributed by atoms with Gasteiger partial charge in [0, 0.05) is 18.2 Å². The molecular formula is C20H26N2O. The zero-order valence-corrected chi connectivity index (χ0v) is 14.2. The van der Waals surface area contributed by atoms with E-state index >= 15 is 0 Å². The summed E-state index contributed by atoms with van der Waals surface area (Å²) in [4.78, 5) is 12.3. The smallest absolute Gasteiger partial charge is 0.251 e. The predicted molar refractivity (Wildman–Crippen MR) is 95.3 cm³/mol. The maximum Gasteiger partial charge on any atom is 0.251 e. The molecule has 122 valence electrons. The lowest BCUT2D eigenvalue weighted by molar-refractivity contribution is 0.0934. The first-order chi connectivity index (χ1) is 10.9. The summed E-state index contributed by atoms with van der Waals surface area (Å²) in [6.07, 6.45) is 0.879. The molecular weight excluding hydrogens is 284 g/mol. The van der Waals surface area contributed by atoms with E-state index in [0.717, 1.165) is 12.0 Å². The van der Waals surface area contributed by atoms with Crippen molar-refractivity contribution < 1.29 is 4.79 Å². The van der Waals surface area contributed by atoms with Gasteiger partial charge in [-0.25, -0.2) is 0 Å². The standard InChI is InChI=1S/C20H26N2O/c1-15(13-20(2,3)18-7-5-4-6-8-18)22-19(23)17-11-9-16(14-21)10-12-17/h4-12,15H,13-14,21H2,1-3H3,(H,22,23). The number of nitrogens with two attached hydrogens (primary N) is 1. The van der Waals surface area contributed by atoms with E-state index < -0.39 is 0 Å². The van der Waals surface area contributed by atoms with Crippen molar-refractivity contribution in [2.24, 2.45) is 5.73 Å². The van der Waals surface area contributed by atoms with Crippen LogP contribution in [0.5, 0.6) is 0 Å². The Hall–Kier alpha value is -2.13. The van der Waals surface area contributed by atoms with Crippen LogP contribution >= 0.6 is 0 Å². The zero-order chi connectivity index (χ0) is 16.9. The lowest BCUT2D eigenvalue weighted by atomic mass is 9.79. The van der Waals surface area contributed by atoms with Gasteiger partial charge in [0.15, 0.2) is 0 Å². The molecule has 0 radical (unpaired) electrons. The Bertz CT molecular complexity index is 632. The molecule has 1 amide bonds. The summed E-state index contributed by atoms with van der Waals surface area (Å²) in [5.74, 6) is -0.0371. The van der Waals surface area contributed by atoms with Crippen LogP contribution < -0.4 is 11.1 Å². The Morgan fingerprint density at radius 1 is 1.09 bits per heavy atom. The Morgan fingerprint density at radius 2 is 1.70 bits per heavy atom. The second-order valence-corrected chi connectivity index (χ2v) is 6.73. The Kier molecular flexibility index (Phi) is 5.56. The summed E-state index contributed by atoms with van der Waals surface area (Å²) in [5.41, 5.74) is 8.58. The van der Waals surface area contributed by atoms with Gasteiger partial charge in [0.25, 0.3) is 5.91 Å². The van der Waals surface area contributed by atoms with Crippen LogP contribution in [0.4, 0.5) is 0 Å². The van der Waals surface area contributed by atoms with Crippen molar-refractivity contribution in [2.75, 3.05) is 0 Å². The molecule has 0 saturated heterocycles. The monoisotopic (exact) mass is 310 g/mol. The highest BCUT2D eigenvalue weighted by Crippen LogP contribution is 2.28. The van der Waals surface area contributed by atoms with E-state index in [4.69, 9.17) is 5.73 Å². The summed E-state index contributed by atoms with van der Waals surface area (Å²) >= 11 is 0. The molecule has 3 N–H and O–H groups in total. The highest BCUT2D eigenvalue weighted by molar-refractivity contribution is 5.94. The number of benzene rings is 2. The van der Waals surface area contributed by atoms with Crippen LogP contribution in [0, 0.1) is 0 Å². The molecule has 3 nitrogen and oxygen atoms in total. The van der Waals surface area contributed by atoms with Crippen molar-refractivity contribution in [3.63, 3.8) is 0 Å². The Morgan fingerprint density at radius 3 is 2.26 bits per heavy atom. The third-order valence-electron chi connectivity index (χ3n) is 4.20. The minimum absolute atomic E-state index is 0.0113. The summed E-state index contributed by atoms with van der Waals surface area (Å²) in [7, 11) is 0. The van der Waals surface area contributed by atoms with Crippen LogP contribution in [0.25, 0.3) is 0 Å². The average Bonchev–Trinajstić information content (AvgIpc) is 2.55. The second kappa shape index (κ2) is 7.42. The minimum Gasteiger partial charge on any atom is -0.350 e. The van der Waals surface area contributed by atoms with Gasteiger partial charge in [-0.15, -0.1) is 0 Å². The number of nitrogens with one attached hydrogen (secondary N) is 1. The molecule has 23 heavy (non-hydrogen) atoms. The molecule has 1 atom stereocenters. The molecule has 0 aliphatic heterocycles. The van der Waals surface area contributed by atoms with E-state index in [9.17, 15) is 4.79 Å². The topological polar surface area (TPSA) is 55.1 Å². The van der Waals surface area contributed by atoms with E-state index in [1.807, 2.05) is 30.3 Å². The molecule has 0 aliphatic rings. The van der Waals surface area contributed by atoms with E-state index in [-0.39, 0.29) is 17.4 Å². The second-order valence-electron chi connectivity index (χ2n) is 6.73. The van der Waals surface area contributed by atoms with Gasteiger partial charge in [0.05, 0.1) is 0 Å². The van der Waals surface area contributed by atoms with Crippen LogP contribution in [0.2, 0.25) is 0 Å². The highest BCUT2D eigenvalue weighted by Gasteiger charge is 2.24. The first kappa shape index (κ1) is 17.2. The molecule has 1 unspecified atom stereocenters. The molecule has 2 aromatic rings. The van der Waals surface area contributed by atoms with Crippen LogP contribution in [-0.4, -0.2) is 11.9 Å². The molecule has 0 heterocycles. The van der Waals surface area contributed by atoms with Gasteiger partial charge >= 0.3 is 0 Å². The average molecular weight is 310 g/mol. The van der Waals surface area contributed by atoms with Gasteiger partial charge in [-0.05, 0) is 42.0 Å². The lowest BCUT2D eigenvalue weighted by Crippen LogP contribution is -2.37. The van der Waals surface area contributed by atoms with Gasteiger partial charge in [-0.1, -0.05) is 56.3 Å². The van der Waals surface area contributed by atoms with Gasteiger partial charge in [-0.2, -0.15) is 0 Å². The molecule has 0 saturated carbocycles. The van der Waals surface area contributed by atoms with Gasteiger partial charge in [-0.3, -0.25) is 4.79 Å². The quantitative estimate of drug-likeness (QED) is 0.856. The predicted octanol–water partition coefficient (Wildman–Crippen LogP) is 3.63. The maximum atomic E-state index is 12.3. The van der Waals surface area contributed by atoms with Crippen molar-refractivity contribution in [3.05, 3.63) is 71.3 Å². The van der Waals surface area contributed by atoms with Crippen LogP contribution in [0.1, 0.15) is 48.7 Å². The van der Waals surface area contributed by atoms with Crippen molar-refractivity contribution in [3.8, 4) is 0 Å². The molecule has 0 aromatic heterocycles. The summed E-state index contributed by atoms with van der Waals surface area (Å²) < 4.78 is 0. The van der Waals surface area contributed by atoms with Crippen molar-refractivity contribution >= 4 is 5.91 Å². The van der Waals surface area contributed by atoms with E-state index in [0.29, 0.717) is 12.1 Å². The molecule has 0 bridgehead atoms. The first-order valence-electron chi connectivity index (χ1n) is 8.08. The fourth-order valence-corrected chi connectivity index (χ4v) is 2.92. The van der Waals surface area contributed by atoms with E-state index in [2.05, 4.69) is 50.4 Å². The number of amides is 1. The van der Waals surface area contributed by atoms with Crippen molar-refractivity contribution in [1.82, 2.24) is 5.32 Å². The van der Waals surface area contributed by atoms with Crippen molar-refractivity contribution in [1.29, 1.82) is 0 Å². The van der Waals surface area contributed by atoms with Gasteiger partial charge in [0.1, 0.15) is 0 Å². The molecule has 2 rings (SSSR count). The Balaban J connectivity index is 1.98. The van der Waals surface area contributed by atoms with Crippen LogP contribution in [-0.2, 0) is 12.0 Å². The van der Waals surface area contributed by atoms with Gasteiger partial charge < -0.3 is 11.1 Å². The third kappa shape index (κ3) is 4.67. The third-order valence-corrected chi connectivity index (χ3v) is 4.20. The SMILES string of the molecule is CC(CC(C)(C)c1ccccc1)NC(=O)c1ccc(CN)cc1. The van der Waals surface area contributed by atoms with Crippen molar-refractivity contribution in [2.45, 2.75) is 45.2 Å². The molecule has 0 fully saturated rings. The summed E-state index contributed by atoms with van der Waals surface area (Å²) in [6.45, 7) is 6.96. The van der Waals surface area contributed by atoms with E-state index in [1.54, 1.807) is 0 Å². The first-order valence-corrected chi connectivity index (χ1v) is 8.08. The normalized spacial score (nSPS) is 12.7. The zero-order valence-electron chi connectivity index (χ0n) is 14.2. The number of rotatable bonds is 6. The van der Waals surface area contributed by atoms with Crippen LogP contribution in [0.3, 0.4) is 0 Å². The minimum atomic E-state index is -0.0371. The summed E-state index contributed by atoms with van der Waals surface area (Å²) in [5, 5.41) is 3.09. The largest absolute Gasteiger partial charge is 0.350 e. The molecule has 3 heteroatoms. The highest BCUT2D eigenvalue weighted by atomic mass is 16.1.